The van der Waals surface area contributed by atoms with Gasteiger partial charge in [-0.3, -0.25) is 0 Å². The third-order valence-corrected chi connectivity index (χ3v) is 1.75. The van der Waals surface area contributed by atoms with Crippen molar-refractivity contribution < 1.29 is 14.4 Å². The molecule has 0 unspecified atom stereocenters. The molecule has 2 N–H and O–H groups in total. The van der Waals surface area contributed by atoms with E-state index in [-0.39, 0.29) is 0 Å². The topological polar surface area (TPSA) is 40.5 Å². The van der Waals surface area contributed by atoms with Crippen LogP contribution in [-0.2, 0) is 0 Å². The second-order valence-electron chi connectivity index (χ2n) is 2.44. The van der Waals surface area contributed by atoms with E-state index in [0.717, 1.165) is 5.98 Å². The molecule has 1 aromatic carbocycles. The Bertz CT molecular complexity index is 328. The van der Waals surface area contributed by atoms with Crippen LogP contribution < -0.4 is 0 Å². The number of hydrogen-bond donors (Lipinski definition) is 2. The van der Waals surface area contributed by atoms with Gasteiger partial charge in [0.15, 0.2) is 0 Å². The summed E-state index contributed by atoms with van der Waals surface area (Å²) in [5.41, 5.74) is 0.412. The first-order valence-electron chi connectivity index (χ1n) is 3.59. The van der Waals surface area contributed by atoms with Crippen molar-refractivity contribution in [2.45, 2.75) is 0 Å². The van der Waals surface area contributed by atoms with E-state index in [2.05, 4.69) is 0 Å². The van der Waals surface area contributed by atoms with Gasteiger partial charge in [-0.1, -0.05) is 23.7 Å². The summed E-state index contributed by atoms with van der Waals surface area (Å²) in [6, 6.07) is 3.84. The second-order valence-corrected chi connectivity index (χ2v) is 2.85. The molecule has 0 aromatic heterocycles. The monoisotopic (exact) mass is 200 g/mol. The Hall–Kier alpha value is -0.835. The second kappa shape index (κ2) is 4.41. The lowest BCUT2D eigenvalue weighted by molar-refractivity contribution is 0.424. The molecule has 0 amide bonds. The van der Waals surface area contributed by atoms with Crippen molar-refractivity contribution in [3.8, 4) is 0 Å². The van der Waals surface area contributed by atoms with Gasteiger partial charge in [-0.25, -0.2) is 4.39 Å². The Morgan fingerprint density at radius 3 is 2.69 bits per heavy atom. The highest BCUT2D eigenvalue weighted by molar-refractivity contribution is 6.48. The van der Waals surface area contributed by atoms with Gasteiger partial charge in [0.1, 0.15) is 5.82 Å². The Balaban J connectivity index is 2.93. The summed E-state index contributed by atoms with van der Waals surface area (Å²) in [6.45, 7) is 0. The quantitative estimate of drug-likeness (QED) is 0.710. The van der Waals surface area contributed by atoms with Crippen LogP contribution >= 0.6 is 11.6 Å². The van der Waals surface area contributed by atoms with Crippen molar-refractivity contribution in [2.24, 2.45) is 0 Å². The first-order valence-corrected chi connectivity index (χ1v) is 3.97. The summed E-state index contributed by atoms with van der Waals surface area (Å²) >= 11 is 5.70. The van der Waals surface area contributed by atoms with Crippen LogP contribution in [-0.4, -0.2) is 17.2 Å². The third kappa shape index (κ3) is 3.18. The standard InChI is InChI=1S/C8H7BClFO2/c10-8-2-1-7(11)5-6(8)3-4-9(12)13/h1-5,12-13H/b4-3+. The van der Waals surface area contributed by atoms with Crippen molar-refractivity contribution in [3.63, 3.8) is 0 Å². The molecule has 0 radical (unpaired) electrons. The average Bonchev–Trinajstić information content (AvgIpc) is 2.06. The van der Waals surface area contributed by atoms with Gasteiger partial charge < -0.3 is 10.0 Å². The number of halogens is 2. The third-order valence-electron chi connectivity index (χ3n) is 1.41. The zero-order valence-corrected chi connectivity index (χ0v) is 7.37. The maximum atomic E-state index is 12.7. The molecule has 0 aliphatic carbocycles. The van der Waals surface area contributed by atoms with E-state index < -0.39 is 12.9 Å². The van der Waals surface area contributed by atoms with Crippen molar-refractivity contribution in [2.75, 3.05) is 0 Å². The van der Waals surface area contributed by atoms with Gasteiger partial charge in [0.25, 0.3) is 0 Å². The zero-order valence-electron chi connectivity index (χ0n) is 6.61. The van der Waals surface area contributed by atoms with E-state index in [1.54, 1.807) is 0 Å². The highest BCUT2D eigenvalue weighted by Crippen LogP contribution is 2.18. The molecule has 68 valence electrons. The Labute approximate surface area is 80.4 Å². The van der Waals surface area contributed by atoms with Gasteiger partial charge in [-0.2, -0.15) is 0 Å². The van der Waals surface area contributed by atoms with Crippen LogP contribution in [0.3, 0.4) is 0 Å². The summed E-state index contributed by atoms with van der Waals surface area (Å²) in [5, 5.41) is 17.4. The molecule has 13 heavy (non-hydrogen) atoms. The first kappa shape index (κ1) is 10.2. The summed E-state index contributed by atoms with van der Waals surface area (Å²) in [6.07, 6.45) is 1.34. The Morgan fingerprint density at radius 1 is 1.38 bits per heavy atom. The molecule has 1 rings (SSSR count). The molecule has 5 heteroatoms. The van der Waals surface area contributed by atoms with E-state index in [1.165, 1.54) is 24.3 Å². The highest BCUT2D eigenvalue weighted by atomic mass is 35.5. The number of rotatable bonds is 2. The van der Waals surface area contributed by atoms with E-state index in [1.807, 2.05) is 0 Å². The van der Waals surface area contributed by atoms with Crippen LogP contribution in [0.15, 0.2) is 24.2 Å². The van der Waals surface area contributed by atoms with Gasteiger partial charge in [0, 0.05) is 5.02 Å². The molecule has 0 aliphatic rings. The SMILES string of the molecule is OB(O)/C=C/c1cc(F)ccc1Cl. The molecule has 0 spiro atoms. The van der Waals surface area contributed by atoms with Crippen molar-refractivity contribution in [1.82, 2.24) is 0 Å². The molecular formula is C8H7BClFO2. The van der Waals surface area contributed by atoms with Gasteiger partial charge in [0.05, 0.1) is 0 Å². The van der Waals surface area contributed by atoms with Gasteiger partial charge >= 0.3 is 7.12 Å². The number of benzene rings is 1. The fourth-order valence-electron chi connectivity index (χ4n) is 0.832. The average molecular weight is 200 g/mol. The summed E-state index contributed by atoms with van der Waals surface area (Å²) in [5.74, 6) is 0.678. The molecule has 0 heterocycles. The van der Waals surface area contributed by atoms with E-state index in [9.17, 15) is 4.39 Å². The van der Waals surface area contributed by atoms with Gasteiger partial charge in [-0.05, 0) is 23.8 Å². The van der Waals surface area contributed by atoms with Crippen LogP contribution in [0, 0.1) is 5.82 Å². The molecule has 1 aromatic rings. The molecule has 0 fully saturated rings. The lowest BCUT2D eigenvalue weighted by Gasteiger charge is -1.97. The molecule has 2 nitrogen and oxygen atoms in total. The van der Waals surface area contributed by atoms with E-state index in [4.69, 9.17) is 21.6 Å². The first-order chi connectivity index (χ1) is 6.09. The molecule has 0 atom stereocenters. The molecule has 0 aliphatic heterocycles. The summed E-state index contributed by atoms with van der Waals surface area (Å²) in [4.78, 5) is 0. The van der Waals surface area contributed by atoms with Crippen molar-refractivity contribution in [1.29, 1.82) is 0 Å². The van der Waals surface area contributed by atoms with Crippen LogP contribution in [0.1, 0.15) is 5.56 Å². The molecule has 0 saturated carbocycles. The van der Waals surface area contributed by atoms with E-state index >= 15 is 0 Å². The van der Waals surface area contributed by atoms with Crippen molar-refractivity contribution >= 4 is 24.8 Å². The fraction of sp³-hybridized carbons (Fsp3) is 0. The Kier molecular flexibility index (Phi) is 3.48. The van der Waals surface area contributed by atoms with Crippen LogP contribution in [0.5, 0.6) is 0 Å². The lowest BCUT2D eigenvalue weighted by atomic mass is 9.91. The largest absolute Gasteiger partial charge is 0.480 e. The normalized spacial score (nSPS) is 10.8. The van der Waals surface area contributed by atoms with Gasteiger partial charge in [-0.15, -0.1) is 0 Å². The maximum Gasteiger partial charge on any atom is 0.480 e. The minimum atomic E-state index is -1.56. The lowest BCUT2D eigenvalue weighted by Crippen LogP contribution is -2.05. The summed E-state index contributed by atoms with van der Waals surface area (Å²) in [7, 11) is -1.56. The van der Waals surface area contributed by atoms with Crippen LogP contribution in [0.25, 0.3) is 6.08 Å². The predicted molar refractivity (Wildman–Crippen MR) is 50.6 cm³/mol. The molecule has 0 bridgehead atoms. The predicted octanol–water partition coefficient (Wildman–Crippen LogP) is 1.50. The zero-order chi connectivity index (χ0) is 9.84. The molecule has 0 saturated heterocycles. The van der Waals surface area contributed by atoms with Crippen LogP contribution in [0.2, 0.25) is 5.02 Å². The maximum absolute atomic E-state index is 12.7. The molecular weight excluding hydrogens is 193 g/mol. The van der Waals surface area contributed by atoms with Gasteiger partial charge in [0.2, 0.25) is 0 Å². The number of hydrogen-bond acceptors (Lipinski definition) is 2. The van der Waals surface area contributed by atoms with Crippen LogP contribution in [0.4, 0.5) is 4.39 Å². The Morgan fingerprint density at radius 2 is 2.08 bits per heavy atom. The smallest absolute Gasteiger partial charge is 0.424 e. The van der Waals surface area contributed by atoms with E-state index in [0.29, 0.717) is 10.6 Å². The van der Waals surface area contributed by atoms with Crippen molar-refractivity contribution in [3.05, 3.63) is 40.6 Å². The minimum Gasteiger partial charge on any atom is -0.424 e. The fourth-order valence-corrected chi connectivity index (χ4v) is 1.01. The summed E-state index contributed by atoms with van der Waals surface area (Å²) < 4.78 is 12.7. The minimum absolute atomic E-state index is 0.360. The highest BCUT2D eigenvalue weighted by Gasteiger charge is 2.01.